The van der Waals surface area contributed by atoms with Crippen molar-refractivity contribution in [2.24, 2.45) is 5.92 Å². The SMILES string of the molecule is COc1ccc(CNC(=O)C2CCN(c3nc(C)c4ccc(S(C)(=O)=O)cc4n3)CC2)cc1OC. The number of aromatic nitrogens is 2. The number of nitrogens with zero attached hydrogens (tertiary/aromatic N) is 3. The lowest BCUT2D eigenvalue weighted by Crippen LogP contribution is -2.41. The number of amides is 1. The highest BCUT2D eigenvalue weighted by Crippen LogP contribution is 2.28. The van der Waals surface area contributed by atoms with Gasteiger partial charge in [-0.3, -0.25) is 4.79 Å². The summed E-state index contributed by atoms with van der Waals surface area (Å²) in [4.78, 5) is 24.3. The minimum absolute atomic E-state index is 0.0211. The molecule has 0 unspecified atom stereocenters. The molecule has 1 N–H and O–H groups in total. The summed E-state index contributed by atoms with van der Waals surface area (Å²) in [6.45, 7) is 3.59. The van der Waals surface area contributed by atoms with Crippen LogP contribution < -0.4 is 19.7 Å². The molecule has 0 atom stereocenters. The van der Waals surface area contributed by atoms with E-state index in [4.69, 9.17) is 9.47 Å². The number of rotatable bonds is 7. The predicted octanol–water partition coefficient (Wildman–Crippen LogP) is 2.89. The van der Waals surface area contributed by atoms with Crippen molar-refractivity contribution < 1.29 is 22.7 Å². The highest BCUT2D eigenvalue weighted by atomic mass is 32.2. The van der Waals surface area contributed by atoms with Gasteiger partial charge in [0.25, 0.3) is 0 Å². The van der Waals surface area contributed by atoms with Crippen molar-refractivity contribution in [1.29, 1.82) is 0 Å². The summed E-state index contributed by atoms with van der Waals surface area (Å²) < 4.78 is 34.5. The van der Waals surface area contributed by atoms with Gasteiger partial charge in [0, 0.05) is 37.2 Å². The molecule has 0 radical (unpaired) electrons. The van der Waals surface area contributed by atoms with E-state index in [0.717, 1.165) is 16.6 Å². The van der Waals surface area contributed by atoms with E-state index in [-0.39, 0.29) is 16.7 Å². The molecule has 186 valence electrons. The molecule has 2 heterocycles. The number of methoxy groups -OCH3 is 2. The molecule has 2 aromatic carbocycles. The summed E-state index contributed by atoms with van der Waals surface area (Å²) >= 11 is 0. The van der Waals surface area contributed by atoms with Crippen molar-refractivity contribution in [3.05, 3.63) is 47.7 Å². The molecule has 0 saturated carbocycles. The molecule has 1 aliphatic heterocycles. The fraction of sp³-hybridized carbons (Fsp3) is 0.400. The maximum atomic E-state index is 12.8. The van der Waals surface area contributed by atoms with E-state index in [1.165, 1.54) is 6.26 Å². The minimum Gasteiger partial charge on any atom is -0.493 e. The zero-order valence-corrected chi connectivity index (χ0v) is 21.2. The predicted molar refractivity (Wildman–Crippen MR) is 134 cm³/mol. The van der Waals surface area contributed by atoms with E-state index >= 15 is 0 Å². The number of anilines is 1. The normalized spacial score (nSPS) is 14.7. The third-order valence-corrected chi connectivity index (χ3v) is 7.45. The van der Waals surface area contributed by atoms with E-state index in [9.17, 15) is 13.2 Å². The van der Waals surface area contributed by atoms with Crippen LogP contribution in [-0.2, 0) is 21.2 Å². The number of fused-ring (bicyclic) bond motifs is 1. The van der Waals surface area contributed by atoms with Gasteiger partial charge in [-0.15, -0.1) is 0 Å². The standard InChI is InChI=1S/C25H30N4O5S/c1-16-20-7-6-19(35(4,31)32)14-21(20)28-25(27-16)29-11-9-18(10-12-29)24(30)26-15-17-5-8-22(33-2)23(13-17)34-3/h5-8,13-14,18H,9-12,15H2,1-4H3,(H,26,30). The average molecular weight is 499 g/mol. The quantitative estimate of drug-likeness (QED) is 0.529. The Balaban J connectivity index is 1.39. The van der Waals surface area contributed by atoms with Crippen molar-refractivity contribution >= 4 is 32.6 Å². The Hall–Kier alpha value is -3.40. The molecule has 0 aliphatic carbocycles. The smallest absolute Gasteiger partial charge is 0.226 e. The van der Waals surface area contributed by atoms with Crippen molar-refractivity contribution in [3.8, 4) is 11.5 Å². The first-order valence-corrected chi connectivity index (χ1v) is 13.3. The number of hydrogen-bond donors (Lipinski definition) is 1. The molecule has 1 aromatic heterocycles. The maximum Gasteiger partial charge on any atom is 0.226 e. The van der Waals surface area contributed by atoms with Crippen LogP contribution in [0.5, 0.6) is 11.5 Å². The third kappa shape index (κ3) is 5.48. The molecule has 1 aliphatic rings. The molecule has 10 heteroatoms. The van der Waals surface area contributed by atoms with Gasteiger partial charge in [0.15, 0.2) is 21.3 Å². The van der Waals surface area contributed by atoms with E-state index in [1.54, 1.807) is 32.4 Å². The van der Waals surface area contributed by atoms with Gasteiger partial charge in [-0.05, 0) is 55.7 Å². The van der Waals surface area contributed by atoms with E-state index in [1.807, 2.05) is 25.1 Å². The van der Waals surface area contributed by atoms with E-state index < -0.39 is 9.84 Å². The number of piperidine rings is 1. The van der Waals surface area contributed by atoms with Crippen molar-refractivity contribution in [3.63, 3.8) is 0 Å². The summed E-state index contributed by atoms with van der Waals surface area (Å²) in [5.41, 5.74) is 2.33. The molecule has 0 spiro atoms. The maximum absolute atomic E-state index is 12.8. The van der Waals surface area contributed by atoms with Crippen LogP contribution in [0.3, 0.4) is 0 Å². The molecule has 1 saturated heterocycles. The lowest BCUT2D eigenvalue weighted by atomic mass is 9.96. The Morgan fingerprint density at radius 2 is 1.77 bits per heavy atom. The Kier molecular flexibility index (Phi) is 7.11. The van der Waals surface area contributed by atoms with Crippen molar-refractivity contribution in [2.45, 2.75) is 31.2 Å². The van der Waals surface area contributed by atoms with Crippen LogP contribution in [0.15, 0.2) is 41.3 Å². The van der Waals surface area contributed by atoms with E-state index in [2.05, 4.69) is 20.2 Å². The number of carbonyl (C=O) groups excluding carboxylic acids is 1. The first-order valence-electron chi connectivity index (χ1n) is 11.4. The summed E-state index contributed by atoms with van der Waals surface area (Å²) in [7, 11) is -0.158. The van der Waals surface area contributed by atoms with Gasteiger partial charge in [-0.1, -0.05) is 6.07 Å². The number of hydrogen-bond acceptors (Lipinski definition) is 8. The molecule has 4 rings (SSSR count). The Morgan fingerprint density at radius 1 is 1.06 bits per heavy atom. The van der Waals surface area contributed by atoms with Crippen LogP contribution in [0.1, 0.15) is 24.1 Å². The van der Waals surface area contributed by atoms with Crippen LogP contribution in [0.4, 0.5) is 5.95 Å². The number of sulfone groups is 1. The number of aryl methyl sites for hydroxylation is 1. The van der Waals surface area contributed by atoms with Crippen LogP contribution in [0.25, 0.3) is 10.9 Å². The summed E-state index contributed by atoms with van der Waals surface area (Å²) in [5.74, 6) is 1.76. The van der Waals surface area contributed by atoms with Gasteiger partial charge in [0.2, 0.25) is 11.9 Å². The first-order chi connectivity index (χ1) is 16.7. The molecule has 1 amide bonds. The van der Waals surface area contributed by atoms with Crippen LogP contribution in [0.2, 0.25) is 0 Å². The monoisotopic (exact) mass is 498 g/mol. The first kappa shape index (κ1) is 24.7. The fourth-order valence-electron chi connectivity index (χ4n) is 4.29. The van der Waals surface area contributed by atoms with Gasteiger partial charge in [0.05, 0.1) is 30.3 Å². The van der Waals surface area contributed by atoms with Gasteiger partial charge >= 0.3 is 0 Å². The van der Waals surface area contributed by atoms with Gasteiger partial charge in [-0.25, -0.2) is 18.4 Å². The lowest BCUT2D eigenvalue weighted by Gasteiger charge is -2.31. The highest BCUT2D eigenvalue weighted by Gasteiger charge is 2.26. The second kappa shape index (κ2) is 10.1. The van der Waals surface area contributed by atoms with Gasteiger partial charge in [-0.2, -0.15) is 0 Å². The Labute approximate surface area is 205 Å². The van der Waals surface area contributed by atoms with Crippen LogP contribution in [-0.4, -0.2) is 57.9 Å². The summed E-state index contributed by atoms with van der Waals surface area (Å²) in [5, 5.41) is 3.85. The molecular weight excluding hydrogens is 468 g/mol. The average Bonchev–Trinajstić information content (AvgIpc) is 2.86. The Morgan fingerprint density at radius 3 is 2.43 bits per heavy atom. The van der Waals surface area contributed by atoms with Crippen molar-refractivity contribution in [1.82, 2.24) is 15.3 Å². The Bertz CT molecular complexity index is 1350. The van der Waals surface area contributed by atoms with E-state index in [0.29, 0.717) is 55.4 Å². The van der Waals surface area contributed by atoms with Crippen LogP contribution >= 0.6 is 0 Å². The topological polar surface area (TPSA) is 111 Å². The zero-order chi connectivity index (χ0) is 25.2. The number of benzene rings is 2. The zero-order valence-electron chi connectivity index (χ0n) is 20.4. The highest BCUT2D eigenvalue weighted by molar-refractivity contribution is 7.90. The van der Waals surface area contributed by atoms with Gasteiger partial charge < -0.3 is 19.7 Å². The van der Waals surface area contributed by atoms with Crippen molar-refractivity contribution in [2.75, 3.05) is 38.5 Å². The fourth-order valence-corrected chi connectivity index (χ4v) is 4.93. The second-order valence-corrected chi connectivity index (χ2v) is 10.7. The largest absolute Gasteiger partial charge is 0.493 e. The molecule has 35 heavy (non-hydrogen) atoms. The lowest BCUT2D eigenvalue weighted by molar-refractivity contribution is -0.125. The molecule has 9 nitrogen and oxygen atoms in total. The molecular formula is C25H30N4O5S. The summed E-state index contributed by atoms with van der Waals surface area (Å²) in [6.07, 6.45) is 2.55. The number of ether oxygens (including phenoxy) is 2. The third-order valence-electron chi connectivity index (χ3n) is 6.34. The molecule has 0 bridgehead atoms. The summed E-state index contributed by atoms with van der Waals surface area (Å²) in [6, 6.07) is 10.5. The number of nitrogens with one attached hydrogen (secondary N) is 1. The van der Waals surface area contributed by atoms with Crippen LogP contribution in [0, 0.1) is 12.8 Å². The second-order valence-electron chi connectivity index (χ2n) is 8.73. The molecule has 3 aromatic rings. The number of carbonyl (C=O) groups is 1. The molecule has 1 fully saturated rings. The van der Waals surface area contributed by atoms with Gasteiger partial charge in [0.1, 0.15) is 0 Å². The minimum atomic E-state index is -3.33.